The van der Waals surface area contributed by atoms with Gasteiger partial charge in [0.2, 0.25) is 5.88 Å². The van der Waals surface area contributed by atoms with Crippen LogP contribution in [0.1, 0.15) is 5.69 Å². The van der Waals surface area contributed by atoms with Gasteiger partial charge in [-0.1, -0.05) is 16.8 Å². The van der Waals surface area contributed by atoms with E-state index >= 15 is 0 Å². The SMILES string of the molecule is Cn1nncc1CNc1ccc(Oc2ccc(Cl)cc2)nc1. The van der Waals surface area contributed by atoms with Crippen LogP contribution >= 0.6 is 11.6 Å². The molecule has 0 bridgehead atoms. The average molecular weight is 316 g/mol. The molecule has 2 heterocycles. The highest BCUT2D eigenvalue weighted by molar-refractivity contribution is 6.30. The Balaban J connectivity index is 1.60. The summed E-state index contributed by atoms with van der Waals surface area (Å²) in [5.74, 6) is 1.22. The molecule has 0 saturated heterocycles. The molecule has 0 saturated carbocycles. The van der Waals surface area contributed by atoms with Gasteiger partial charge in [0.05, 0.1) is 30.3 Å². The van der Waals surface area contributed by atoms with Gasteiger partial charge in [0.1, 0.15) is 5.75 Å². The first-order valence-electron chi connectivity index (χ1n) is 6.67. The van der Waals surface area contributed by atoms with Crippen LogP contribution in [0.5, 0.6) is 11.6 Å². The number of aromatic nitrogens is 4. The summed E-state index contributed by atoms with van der Waals surface area (Å²) >= 11 is 5.83. The summed E-state index contributed by atoms with van der Waals surface area (Å²) in [5.41, 5.74) is 1.88. The molecule has 0 radical (unpaired) electrons. The molecular weight excluding hydrogens is 302 g/mol. The van der Waals surface area contributed by atoms with Crippen molar-refractivity contribution in [2.45, 2.75) is 6.54 Å². The van der Waals surface area contributed by atoms with Crippen LogP contribution in [0.15, 0.2) is 48.8 Å². The molecule has 0 aliphatic rings. The Morgan fingerprint density at radius 2 is 1.95 bits per heavy atom. The Bertz CT molecular complexity index is 739. The van der Waals surface area contributed by atoms with Crippen molar-refractivity contribution >= 4 is 17.3 Å². The minimum Gasteiger partial charge on any atom is -0.439 e. The molecule has 6 nitrogen and oxygen atoms in total. The van der Waals surface area contributed by atoms with Crippen LogP contribution in [0.2, 0.25) is 5.02 Å². The zero-order chi connectivity index (χ0) is 15.4. The van der Waals surface area contributed by atoms with Crippen LogP contribution in [0.25, 0.3) is 0 Å². The average Bonchev–Trinajstić information content (AvgIpc) is 2.94. The van der Waals surface area contributed by atoms with E-state index in [0.29, 0.717) is 23.2 Å². The number of anilines is 1. The van der Waals surface area contributed by atoms with Crippen LogP contribution in [-0.4, -0.2) is 20.0 Å². The van der Waals surface area contributed by atoms with Crippen LogP contribution in [-0.2, 0) is 13.6 Å². The molecule has 22 heavy (non-hydrogen) atoms. The Hall–Kier alpha value is -2.60. The van der Waals surface area contributed by atoms with E-state index in [1.165, 1.54) is 0 Å². The molecule has 7 heteroatoms. The summed E-state index contributed by atoms with van der Waals surface area (Å²) in [6, 6.07) is 10.8. The van der Waals surface area contributed by atoms with Crippen molar-refractivity contribution < 1.29 is 4.74 Å². The van der Waals surface area contributed by atoms with Crippen molar-refractivity contribution in [2.24, 2.45) is 7.05 Å². The summed E-state index contributed by atoms with van der Waals surface area (Å²) in [6.45, 7) is 0.628. The molecule has 112 valence electrons. The summed E-state index contributed by atoms with van der Waals surface area (Å²) in [5, 5.41) is 11.6. The summed E-state index contributed by atoms with van der Waals surface area (Å²) in [4.78, 5) is 4.26. The fourth-order valence-electron chi connectivity index (χ4n) is 1.83. The maximum atomic E-state index is 5.83. The fraction of sp³-hybridized carbons (Fsp3) is 0.133. The van der Waals surface area contributed by atoms with Crippen molar-refractivity contribution in [1.82, 2.24) is 20.0 Å². The van der Waals surface area contributed by atoms with Gasteiger partial charge in [-0.05, 0) is 30.3 Å². The monoisotopic (exact) mass is 315 g/mol. The molecule has 1 aromatic carbocycles. The van der Waals surface area contributed by atoms with Gasteiger partial charge in [0, 0.05) is 18.1 Å². The van der Waals surface area contributed by atoms with Crippen molar-refractivity contribution in [3.8, 4) is 11.6 Å². The second kappa shape index (κ2) is 6.44. The quantitative estimate of drug-likeness (QED) is 0.783. The van der Waals surface area contributed by atoms with E-state index in [-0.39, 0.29) is 0 Å². The second-order valence-electron chi connectivity index (χ2n) is 4.64. The number of nitrogens with zero attached hydrogens (tertiary/aromatic N) is 4. The van der Waals surface area contributed by atoms with Crippen LogP contribution in [0, 0.1) is 0 Å². The summed E-state index contributed by atoms with van der Waals surface area (Å²) in [7, 11) is 1.85. The Morgan fingerprint density at radius 1 is 1.14 bits per heavy atom. The number of benzene rings is 1. The molecule has 0 amide bonds. The number of pyridine rings is 1. The third-order valence-corrected chi connectivity index (χ3v) is 3.31. The Kier molecular flexibility index (Phi) is 4.20. The van der Waals surface area contributed by atoms with Gasteiger partial charge in [0.15, 0.2) is 0 Å². The minimum absolute atomic E-state index is 0.523. The first-order chi connectivity index (χ1) is 10.7. The number of halogens is 1. The maximum Gasteiger partial charge on any atom is 0.219 e. The van der Waals surface area contributed by atoms with Crippen molar-refractivity contribution in [2.75, 3.05) is 5.32 Å². The molecule has 0 atom stereocenters. The molecule has 3 rings (SSSR count). The van der Waals surface area contributed by atoms with Crippen LogP contribution in [0.4, 0.5) is 5.69 Å². The van der Waals surface area contributed by atoms with E-state index in [1.54, 1.807) is 47.4 Å². The second-order valence-corrected chi connectivity index (χ2v) is 5.08. The highest BCUT2D eigenvalue weighted by Gasteiger charge is 2.02. The van der Waals surface area contributed by atoms with Gasteiger partial charge in [-0.3, -0.25) is 4.68 Å². The summed E-state index contributed by atoms with van der Waals surface area (Å²) < 4.78 is 7.36. The molecule has 0 fully saturated rings. The number of ether oxygens (including phenoxy) is 1. The minimum atomic E-state index is 0.523. The standard InChI is InChI=1S/C15H14ClN5O/c1-21-13(10-19-20-21)9-17-12-4-7-15(18-8-12)22-14-5-2-11(16)3-6-14/h2-8,10,17H,9H2,1H3. The van der Waals surface area contributed by atoms with E-state index in [9.17, 15) is 0 Å². The number of aryl methyl sites for hydroxylation is 1. The fourth-order valence-corrected chi connectivity index (χ4v) is 1.96. The third-order valence-electron chi connectivity index (χ3n) is 3.05. The number of nitrogens with one attached hydrogen (secondary N) is 1. The predicted molar refractivity (Wildman–Crippen MR) is 84.1 cm³/mol. The molecule has 2 aromatic heterocycles. The smallest absolute Gasteiger partial charge is 0.219 e. The molecule has 0 aliphatic carbocycles. The third kappa shape index (κ3) is 3.53. The van der Waals surface area contributed by atoms with Crippen molar-refractivity contribution in [3.63, 3.8) is 0 Å². The largest absolute Gasteiger partial charge is 0.439 e. The highest BCUT2D eigenvalue weighted by Crippen LogP contribution is 2.22. The molecule has 1 N–H and O–H groups in total. The molecule has 0 unspecified atom stereocenters. The normalized spacial score (nSPS) is 10.5. The Labute approximate surface area is 132 Å². The molecule has 0 aliphatic heterocycles. The molecular formula is C15H14ClN5O. The van der Waals surface area contributed by atoms with Crippen LogP contribution < -0.4 is 10.1 Å². The van der Waals surface area contributed by atoms with E-state index in [4.69, 9.17) is 16.3 Å². The number of hydrogen-bond donors (Lipinski definition) is 1. The van der Waals surface area contributed by atoms with E-state index < -0.39 is 0 Å². The first kappa shape index (κ1) is 14.3. The molecule has 3 aromatic rings. The van der Waals surface area contributed by atoms with E-state index in [2.05, 4.69) is 20.6 Å². The Morgan fingerprint density at radius 3 is 2.59 bits per heavy atom. The lowest BCUT2D eigenvalue weighted by molar-refractivity contribution is 0.463. The van der Waals surface area contributed by atoms with Gasteiger partial charge in [-0.25, -0.2) is 4.98 Å². The van der Waals surface area contributed by atoms with Gasteiger partial charge in [0.25, 0.3) is 0 Å². The van der Waals surface area contributed by atoms with E-state index in [0.717, 1.165) is 11.4 Å². The number of rotatable bonds is 5. The number of hydrogen-bond acceptors (Lipinski definition) is 5. The van der Waals surface area contributed by atoms with Crippen molar-refractivity contribution in [1.29, 1.82) is 0 Å². The lowest BCUT2D eigenvalue weighted by Crippen LogP contribution is -2.05. The zero-order valence-corrected chi connectivity index (χ0v) is 12.7. The van der Waals surface area contributed by atoms with Gasteiger partial charge in [-0.2, -0.15) is 0 Å². The van der Waals surface area contributed by atoms with Gasteiger partial charge in [-0.15, -0.1) is 5.10 Å². The topological polar surface area (TPSA) is 64.9 Å². The molecule has 0 spiro atoms. The summed E-state index contributed by atoms with van der Waals surface area (Å²) in [6.07, 6.45) is 3.44. The maximum absolute atomic E-state index is 5.83. The first-order valence-corrected chi connectivity index (χ1v) is 7.05. The highest BCUT2D eigenvalue weighted by atomic mass is 35.5. The van der Waals surface area contributed by atoms with Gasteiger partial charge >= 0.3 is 0 Å². The zero-order valence-electron chi connectivity index (χ0n) is 11.9. The van der Waals surface area contributed by atoms with Gasteiger partial charge < -0.3 is 10.1 Å². The van der Waals surface area contributed by atoms with E-state index in [1.807, 2.05) is 13.1 Å². The lowest BCUT2D eigenvalue weighted by Gasteiger charge is -2.08. The van der Waals surface area contributed by atoms with Crippen LogP contribution in [0.3, 0.4) is 0 Å². The lowest BCUT2D eigenvalue weighted by atomic mass is 10.3. The predicted octanol–water partition coefficient (Wildman–Crippen LogP) is 3.27. The van der Waals surface area contributed by atoms with Crippen molar-refractivity contribution in [3.05, 3.63) is 59.5 Å².